The number of sulfone groups is 1. The van der Waals surface area contributed by atoms with Crippen molar-refractivity contribution in [2.75, 3.05) is 11.5 Å². The second-order valence-corrected chi connectivity index (χ2v) is 9.46. The van der Waals surface area contributed by atoms with E-state index in [4.69, 9.17) is 5.73 Å². The van der Waals surface area contributed by atoms with Crippen LogP contribution >= 0.6 is 0 Å². The van der Waals surface area contributed by atoms with E-state index in [0.29, 0.717) is 28.5 Å². The summed E-state index contributed by atoms with van der Waals surface area (Å²) in [5, 5.41) is 0.666. The predicted octanol–water partition coefficient (Wildman–Crippen LogP) is 3.73. The topological polar surface area (TPSA) is 102 Å². The van der Waals surface area contributed by atoms with E-state index in [0.717, 1.165) is 5.56 Å². The fraction of sp³-hybridized carbons (Fsp3) is 0.250. The molecule has 0 aliphatic carbocycles. The summed E-state index contributed by atoms with van der Waals surface area (Å²) in [7, 11) is -3.11. The first kappa shape index (κ1) is 20.3. The van der Waals surface area contributed by atoms with Gasteiger partial charge in [0.05, 0.1) is 22.6 Å². The Hall–Kier alpha value is -3.01. The molecule has 1 fully saturated rings. The minimum atomic E-state index is -4.79. The average molecular weight is 438 g/mol. The Morgan fingerprint density at radius 1 is 1.13 bits per heavy atom. The van der Waals surface area contributed by atoms with Gasteiger partial charge in [0.1, 0.15) is 5.75 Å². The van der Waals surface area contributed by atoms with Crippen LogP contribution in [0.5, 0.6) is 5.75 Å². The molecular weight excluding hydrogens is 421 g/mol. The predicted molar refractivity (Wildman–Crippen MR) is 105 cm³/mol. The molecule has 0 radical (unpaired) electrons. The normalized spacial score (nSPS) is 18.6. The van der Waals surface area contributed by atoms with Crippen molar-refractivity contribution in [1.82, 2.24) is 4.98 Å². The number of H-pyrrole nitrogens is 1. The van der Waals surface area contributed by atoms with Crippen LogP contribution in [0.3, 0.4) is 0 Å². The van der Waals surface area contributed by atoms with Gasteiger partial charge in [0.2, 0.25) is 0 Å². The van der Waals surface area contributed by atoms with E-state index in [-0.39, 0.29) is 28.7 Å². The summed E-state index contributed by atoms with van der Waals surface area (Å²) < 4.78 is 64.8. The summed E-state index contributed by atoms with van der Waals surface area (Å²) >= 11 is 0. The van der Waals surface area contributed by atoms with Gasteiger partial charge in [0.15, 0.2) is 9.84 Å². The number of aromatic amines is 1. The zero-order valence-corrected chi connectivity index (χ0v) is 16.3. The molecule has 1 aromatic heterocycles. The maximum Gasteiger partial charge on any atom is 0.573 e. The number of fused-ring (bicyclic) bond motifs is 1. The molecule has 158 valence electrons. The number of nitrogens with two attached hydrogens (primary N) is 1. The van der Waals surface area contributed by atoms with E-state index in [1.165, 1.54) is 24.3 Å². The number of nitrogens with one attached hydrogen (secondary N) is 1. The van der Waals surface area contributed by atoms with E-state index < -0.39 is 22.1 Å². The van der Waals surface area contributed by atoms with E-state index in [1.54, 1.807) is 18.3 Å². The largest absolute Gasteiger partial charge is 0.573 e. The lowest BCUT2D eigenvalue weighted by Crippen LogP contribution is -2.16. The van der Waals surface area contributed by atoms with Gasteiger partial charge in [-0.05, 0) is 47.4 Å². The second-order valence-electron chi connectivity index (χ2n) is 7.23. The SMILES string of the molecule is NC(=O)c1cc(-c2ccc(OC(F)(F)F)cc2)cc2c(C3CCS(=O)(=O)C3)c[nH]c12. The van der Waals surface area contributed by atoms with Gasteiger partial charge < -0.3 is 15.5 Å². The molecule has 1 aliphatic rings. The molecule has 1 saturated heterocycles. The Kier molecular flexibility index (Phi) is 4.76. The maximum atomic E-state index is 12.4. The standard InChI is InChI=1S/C20H17F3N2O4S/c21-20(22,23)29-14-3-1-11(2-4-14)13-7-15-17(12-5-6-30(27,28)10-12)9-25-18(15)16(8-13)19(24)26/h1-4,7-9,12,25H,5-6,10H2,(H2,24,26). The molecule has 4 rings (SSSR count). The van der Waals surface area contributed by atoms with E-state index in [1.807, 2.05) is 0 Å². The summed E-state index contributed by atoms with van der Waals surface area (Å²) in [6.45, 7) is 0. The molecular formula is C20H17F3N2O4S. The first-order valence-corrected chi connectivity index (χ1v) is 10.9. The van der Waals surface area contributed by atoms with Crippen LogP contribution in [0.4, 0.5) is 13.2 Å². The third-order valence-corrected chi connectivity index (χ3v) is 6.95. The Bertz CT molecular complexity index is 1230. The van der Waals surface area contributed by atoms with E-state index >= 15 is 0 Å². The van der Waals surface area contributed by atoms with Crippen LogP contribution in [-0.4, -0.2) is 37.2 Å². The number of alkyl halides is 3. The van der Waals surface area contributed by atoms with Gasteiger partial charge in [0.25, 0.3) is 5.91 Å². The lowest BCUT2D eigenvalue weighted by Gasteiger charge is -2.11. The molecule has 0 spiro atoms. The van der Waals surface area contributed by atoms with Crippen LogP contribution in [-0.2, 0) is 9.84 Å². The molecule has 2 heterocycles. The highest BCUT2D eigenvalue weighted by Crippen LogP contribution is 2.37. The Morgan fingerprint density at radius 2 is 1.83 bits per heavy atom. The molecule has 1 unspecified atom stereocenters. The summed E-state index contributed by atoms with van der Waals surface area (Å²) in [4.78, 5) is 15.0. The molecule has 30 heavy (non-hydrogen) atoms. The van der Waals surface area contributed by atoms with Gasteiger partial charge >= 0.3 is 6.36 Å². The van der Waals surface area contributed by atoms with E-state index in [2.05, 4.69) is 9.72 Å². The summed E-state index contributed by atoms with van der Waals surface area (Å²) in [6.07, 6.45) is -2.62. The molecule has 1 amide bonds. The van der Waals surface area contributed by atoms with Crippen LogP contribution in [0.1, 0.15) is 28.3 Å². The molecule has 1 atom stereocenters. The third kappa shape index (κ3) is 4.00. The minimum absolute atomic E-state index is 0.0273. The Balaban J connectivity index is 1.79. The fourth-order valence-corrected chi connectivity index (χ4v) is 5.61. The molecule has 10 heteroatoms. The van der Waals surface area contributed by atoms with Crippen molar-refractivity contribution in [2.24, 2.45) is 5.73 Å². The number of aromatic nitrogens is 1. The lowest BCUT2D eigenvalue weighted by molar-refractivity contribution is -0.274. The van der Waals surface area contributed by atoms with Crippen molar-refractivity contribution in [3.63, 3.8) is 0 Å². The summed E-state index contributed by atoms with van der Waals surface area (Å²) in [5.41, 5.74) is 8.13. The highest BCUT2D eigenvalue weighted by molar-refractivity contribution is 7.91. The van der Waals surface area contributed by atoms with Crippen LogP contribution in [0.2, 0.25) is 0 Å². The second kappa shape index (κ2) is 7.05. The highest BCUT2D eigenvalue weighted by Gasteiger charge is 2.32. The molecule has 1 aliphatic heterocycles. The van der Waals surface area contributed by atoms with Gasteiger partial charge in [-0.25, -0.2) is 8.42 Å². The Morgan fingerprint density at radius 3 is 2.40 bits per heavy atom. The molecule has 0 saturated carbocycles. The van der Waals surface area contributed by atoms with Crippen molar-refractivity contribution in [1.29, 1.82) is 0 Å². The number of primary amides is 1. The molecule has 3 N–H and O–H groups in total. The third-order valence-electron chi connectivity index (χ3n) is 5.18. The summed E-state index contributed by atoms with van der Waals surface area (Å²) in [6, 6.07) is 8.57. The van der Waals surface area contributed by atoms with Crippen molar-refractivity contribution in [3.05, 3.63) is 53.7 Å². The smallest absolute Gasteiger partial charge is 0.406 e. The molecule has 0 bridgehead atoms. The fourth-order valence-electron chi connectivity index (χ4n) is 3.84. The van der Waals surface area contributed by atoms with E-state index in [9.17, 15) is 26.4 Å². The molecule has 3 aromatic rings. The number of rotatable bonds is 4. The molecule has 6 nitrogen and oxygen atoms in total. The Labute approximate surface area is 169 Å². The van der Waals surface area contributed by atoms with Gasteiger partial charge in [0, 0.05) is 17.5 Å². The first-order valence-electron chi connectivity index (χ1n) is 9.04. The van der Waals surface area contributed by atoms with Gasteiger partial charge in [-0.15, -0.1) is 13.2 Å². The number of hydrogen-bond acceptors (Lipinski definition) is 4. The van der Waals surface area contributed by atoms with Crippen LogP contribution < -0.4 is 10.5 Å². The summed E-state index contributed by atoms with van der Waals surface area (Å²) in [5.74, 6) is -1.11. The van der Waals surface area contributed by atoms with Crippen molar-refractivity contribution in [3.8, 4) is 16.9 Å². The van der Waals surface area contributed by atoms with Gasteiger partial charge in [-0.3, -0.25) is 4.79 Å². The monoisotopic (exact) mass is 438 g/mol. The number of halogens is 3. The highest BCUT2D eigenvalue weighted by atomic mass is 32.2. The van der Waals surface area contributed by atoms with Crippen molar-refractivity contribution in [2.45, 2.75) is 18.7 Å². The quantitative estimate of drug-likeness (QED) is 0.648. The average Bonchev–Trinajstić information content (AvgIpc) is 3.22. The van der Waals surface area contributed by atoms with Gasteiger partial charge in [-0.1, -0.05) is 12.1 Å². The van der Waals surface area contributed by atoms with Crippen LogP contribution in [0, 0.1) is 0 Å². The number of ether oxygens (including phenoxy) is 1. The zero-order chi connectivity index (χ0) is 21.7. The first-order chi connectivity index (χ1) is 14.0. The lowest BCUT2D eigenvalue weighted by atomic mass is 9.94. The van der Waals surface area contributed by atoms with Crippen LogP contribution in [0.25, 0.3) is 22.0 Å². The van der Waals surface area contributed by atoms with Crippen molar-refractivity contribution < 1.29 is 31.1 Å². The molecule has 2 aromatic carbocycles. The number of hydrogen-bond donors (Lipinski definition) is 2. The van der Waals surface area contributed by atoms with Crippen LogP contribution in [0.15, 0.2) is 42.6 Å². The zero-order valence-electron chi connectivity index (χ0n) is 15.5. The van der Waals surface area contributed by atoms with Gasteiger partial charge in [-0.2, -0.15) is 0 Å². The number of benzene rings is 2. The minimum Gasteiger partial charge on any atom is -0.406 e. The van der Waals surface area contributed by atoms with Crippen molar-refractivity contribution >= 4 is 26.6 Å². The number of carbonyl (C=O) groups is 1. The maximum absolute atomic E-state index is 12.4. The number of carbonyl (C=O) groups excluding carboxylic acids is 1. The number of amides is 1.